The molecule has 0 saturated heterocycles. The van der Waals surface area contributed by atoms with Crippen molar-refractivity contribution in [3.63, 3.8) is 0 Å². The van der Waals surface area contributed by atoms with Crippen LogP contribution < -0.4 is 0 Å². The first-order valence-corrected chi connectivity index (χ1v) is 5.02. The Morgan fingerprint density at radius 3 is 2.69 bits per heavy atom. The van der Waals surface area contributed by atoms with E-state index >= 15 is 0 Å². The van der Waals surface area contributed by atoms with Crippen molar-refractivity contribution in [3.8, 4) is 18.4 Å². The van der Waals surface area contributed by atoms with Gasteiger partial charge in [-0.25, -0.2) is 0 Å². The predicted molar refractivity (Wildman–Crippen MR) is 65.4 cm³/mol. The van der Waals surface area contributed by atoms with Gasteiger partial charge >= 0.3 is 0 Å². The fourth-order valence-electron chi connectivity index (χ4n) is 2.02. The van der Waals surface area contributed by atoms with Crippen LogP contribution in [0.1, 0.15) is 18.1 Å². The van der Waals surface area contributed by atoms with Crippen molar-refractivity contribution in [2.45, 2.75) is 12.3 Å². The summed E-state index contributed by atoms with van der Waals surface area (Å²) >= 11 is 0. The first kappa shape index (κ1) is 10.3. The van der Waals surface area contributed by atoms with Crippen molar-refractivity contribution in [3.05, 3.63) is 53.6 Å². The van der Waals surface area contributed by atoms with Crippen molar-refractivity contribution in [1.29, 1.82) is 5.26 Å². The molecule has 0 spiro atoms. The van der Waals surface area contributed by atoms with Crippen molar-refractivity contribution in [2.24, 2.45) is 0 Å². The van der Waals surface area contributed by atoms with Crippen molar-refractivity contribution >= 4 is 5.57 Å². The molecule has 0 N–H and O–H groups in total. The first-order chi connectivity index (χ1) is 7.62. The largest absolute Gasteiger partial charge is 0.192 e. The molecule has 0 aromatic heterocycles. The van der Waals surface area contributed by atoms with Gasteiger partial charge in [0.25, 0.3) is 0 Å². The van der Waals surface area contributed by atoms with Gasteiger partial charge in [-0.2, -0.15) is 5.26 Å². The maximum atomic E-state index is 9.07. The zero-order valence-electron chi connectivity index (χ0n) is 9.12. The Labute approximate surface area is 95.7 Å². The minimum absolute atomic E-state index is 0.511. The molecule has 2 rings (SSSR count). The number of nitriles is 1. The van der Waals surface area contributed by atoms with Gasteiger partial charge in [0.15, 0.2) is 0 Å². The highest BCUT2D eigenvalue weighted by Crippen LogP contribution is 2.39. The van der Waals surface area contributed by atoms with E-state index in [2.05, 4.69) is 18.6 Å². The van der Waals surface area contributed by atoms with Crippen LogP contribution in [0.4, 0.5) is 0 Å². The number of hydrogen-bond donors (Lipinski definition) is 0. The van der Waals surface area contributed by atoms with Crippen LogP contribution in [0.2, 0.25) is 0 Å². The molecule has 0 radical (unpaired) electrons. The lowest BCUT2D eigenvalue weighted by Gasteiger charge is -2.29. The van der Waals surface area contributed by atoms with Gasteiger partial charge in [-0.3, -0.25) is 0 Å². The SMILES string of the molecule is C#CC1(C)C=C(C#N)C(=C)c2ccccc21. The van der Waals surface area contributed by atoms with Gasteiger partial charge in [0.1, 0.15) is 0 Å². The topological polar surface area (TPSA) is 23.8 Å². The van der Waals surface area contributed by atoms with Gasteiger partial charge in [0.05, 0.1) is 17.1 Å². The van der Waals surface area contributed by atoms with E-state index in [1.807, 2.05) is 37.3 Å². The molecule has 1 atom stereocenters. The molecular weight excluding hydrogens is 194 g/mol. The zero-order chi connectivity index (χ0) is 11.8. The Morgan fingerprint density at radius 1 is 1.38 bits per heavy atom. The summed E-state index contributed by atoms with van der Waals surface area (Å²) in [6, 6.07) is 9.98. The Hall–Kier alpha value is -2.25. The molecule has 0 fully saturated rings. The second-order valence-electron chi connectivity index (χ2n) is 4.04. The second kappa shape index (κ2) is 3.40. The summed E-state index contributed by atoms with van der Waals surface area (Å²) in [5, 5.41) is 9.07. The lowest BCUT2D eigenvalue weighted by atomic mass is 9.72. The standard InChI is InChI=1S/C15H11N/c1-4-15(3)9-12(10-16)11(2)13-7-5-6-8-14(13)15/h1,5-9H,2H2,3H3. The first-order valence-electron chi connectivity index (χ1n) is 5.02. The minimum Gasteiger partial charge on any atom is -0.192 e. The van der Waals surface area contributed by atoms with Crippen LogP contribution in [0.25, 0.3) is 5.57 Å². The van der Waals surface area contributed by atoms with Gasteiger partial charge in [-0.05, 0) is 29.7 Å². The Bertz CT molecular complexity index is 578. The molecule has 1 aliphatic carbocycles. The third-order valence-electron chi connectivity index (χ3n) is 2.99. The lowest BCUT2D eigenvalue weighted by molar-refractivity contribution is 0.776. The van der Waals surface area contributed by atoms with E-state index in [1.54, 1.807) is 0 Å². The maximum Gasteiger partial charge on any atom is 0.0995 e. The highest BCUT2D eigenvalue weighted by molar-refractivity contribution is 5.87. The summed E-state index contributed by atoms with van der Waals surface area (Å²) in [6.45, 7) is 5.89. The fourth-order valence-corrected chi connectivity index (χ4v) is 2.02. The molecule has 1 heteroatoms. The predicted octanol–water partition coefficient (Wildman–Crippen LogP) is 3.05. The number of nitrogens with zero attached hydrogens (tertiary/aromatic N) is 1. The van der Waals surface area contributed by atoms with Crippen LogP contribution in [0, 0.1) is 23.7 Å². The number of rotatable bonds is 0. The summed E-state index contributed by atoms with van der Waals surface area (Å²) in [7, 11) is 0. The van der Waals surface area contributed by atoms with Crippen LogP contribution in [0.5, 0.6) is 0 Å². The van der Waals surface area contributed by atoms with E-state index in [0.717, 1.165) is 16.7 Å². The molecule has 0 amide bonds. The number of allylic oxidation sites excluding steroid dienone is 3. The highest BCUT2D eigenvalue weighted by atomic mass is 14.3. The van der Waals surface area contributed by atoms with Crippen LogP contribution in [-0.4, -0.2) is 0 Å². The monoisotopic (exact) mass is 205 g/mol. The van der Waals surface area contributed by atoms with Crippen molar-refractivity contribution < 1.29 is 0 Å². The quantitative estimate of drug-likeness (QED) is 0.597. The van der Waals surface area contributed by atoms with Crippen molar-refractivity contribution in [1.82, 2.24) is 0 Å². The molecule has 1 aliphatic rings. The minimum atomic E-state index is -0.511. The van der Waals surface area contributed by atoms with E-state index in [9.17, 15) is 0 Å². The normalized spacial score (nSPS) is 22.7. The Balaban J connectivity index is 2.78. The highest BCUT2D eigenvalue weighted by Gasteiger charge is 2.30. The van der Waals surface area contributed by atoms with Crippen LogP contribution in [-0.2, 0) is 5.41 Å². The maximum absolute atomic E-state index is 9.07. The third kappa shape index (κ3) is 1.27. The van der Waals surface area contributed by atoms with Gasteiger partial charge in [-0.15, -0.1) is 6.42 Å². The summed E-state index contributed by atoms with van der Waals surface area (Å²) in [5.74, 6) is 2.75. The molecule has 76 valence electrons. The van der Waals surface area contributed by atoms with Gasteiger partial charge in [0, 0.05) is 0 Å². The molecular formula is C15H11N. The Morgan fingerprint density at radius 2 is 2.06 bits per heavy atom. The molecule has 1 unspecified atom stereocenters. The van der Waals surface area contributed by atoms with Crippen LogP contribution in [0.15, 0.2) is 42.5 Å². The summed E-state index contributed by atoms with van der Waals surface area (Å²) in [5.41, 5.74) is 2.83. The van der Waals surface area contributed by atoms with Crippen molar-refractivity contribution in [2.75, 3.05) is 0 Å². The summed E-state index contributed by atoms with van der Waals surface area (Å²) in [6.07, 6.45) is 7.40. The molecule has 0 saturated carbocycles. The number of hydrogen-bond acceptors (Lipinski definition) is 1. The summed E-state index contributed by atoms with van der Waals surface area (Å²) < 4.78 is 0. The second-order valence-corrected chi connectivity index (χ2v) is 4.04. The molecule has 16 heavy (non-hydrogen) atoms. The number of terminal acetylenes is 1. The van der Waals surface area contributed by atoms with Crippen LogP contribution in [0.3, 0.4) is 0 Å². The van der Waals surface area contributed by atoms with Gasteiger partial charge in [-0.1, -0.05) is 36.8 Å². The van der Waals surface area contributed by atoms with E-state index in [-0.39, 0.29) is 0 Å². The fraction of sp³-hybridized carbons (Fsp3) is 0.133. The van der Waals surface area contributed by atoms with E-state index in [0.29, 0.717) is 5.57 Å². The molecule has 0 heterocycles. The average molecular weight is 205 g/mol. The van der Waals surface area contributed by atoms with Crippen LogP contribution >= 0.6 is 0 Å². The molecule has 1 aromatic carbocycles. The molecule has 1 aromatic rings. The smallest absolute Gasteiger partial charge is 0.0995 e. The molecule has 1 nitrogen and oxygen atoms in total. The molecule has 0 bridgehead atoms. The average Bonchev–Trinajstić information content (AvgIpc) is 2.34. The van der Waals surface area contributed by atoms with E-state index in [4.69, 9.17) is 11.7 Å². The lowest BCUT2D eigenvalue weighted by Crippen LogP contribution is -2.22. The zero-order valence-corrected chi connectivity index (χ0v) is 9.12. The van der Waals surface area contributed by atoms with E-state index in [1.165, 1.54) is 0 Å². The van der Waals surface area contributed by atoms with E-state index < -0.39 is 5.41 Å². The molecule has 0 aliphatic heterocycles. The number of fused-ring (bicyclic) bond motifs is 1. The third-order valence-corrected chi connectivity index (χ3v) is 2.99. The number of benzene rings is 1. The van der Waals surface area contributed by atoms with Gasteiger partial charge in [0.2, 0.25) is 0 Å². The summed E-state index contributed by atoms with van der Waals surface area (Å²) in [4.78, 5) is 0. The Kier molecular flexibility index (Phi) is 2.18. The van der Waals surface area contributed by atoms with Gasteiger partial charge < -0.3 is 0 Å².